The summed E-state index contributed by atoms with van der Waals surface area (Å²) in [6.07, 6.45) is 9.58. The van der Waals surface area contributed by atoms with Crippen LogP contribution in [0.3, 0.4) is 0 Å². The molecule has 164 valence electrons. The van der Waals surface area contributed by atoms with E-state index in [4.69, 9.17) is 4.74 Å². The molecule has 1 heterocycles. The molecule has 0 saturated carbocycles. The molecule has 30 heavy (non-hydrogen) atoms. The van der Waals surface area contributed by atoms with E-state index in [9.17, 15) is 4.39 Å². The molecular formula is C27H38FNO. The Bertz CT molecular complexity index is 752. The van der Waals surface area contributed by atoms with E-state index in [0.717, 1.165) is 57.2 Å². The molecule has 3 heteroatoms. The molecule has 1 aliphatic rings. The highest BCUT2D eigenvalue weighted by molar-refractivity contribution is 5.36. The Kier molecular flexibility index (Phi) is 9.20. The van der Waals surface area contributed by atoms with Gasteiger partial charge in [-0.3, -0.25) is 4.90 Å². The molecule has 0 aliphatic carbocycles. The van der Waals surface area contributed by atoms with Crippen LogP contribution in [0.15, 0.2) is 42.5 Å². The van der Waals surface area contributed by atoms with Crippen molar-refractivity contribution in [1.82, 2.24) is 4.90 Å². The van der Waals surface area contributed by atoms with Crippen molar-refractivity contribution in [2.24, 2.45) is 5.92 Å². The molecule has 0 saturated heterocycles. The fourth-order valence-corrected chi connectivity index (χ4v) is 4.62. The molecule has 0 unspecified atom stereocenters. The Morgan fingerprint density at radius 2 is 1.73 bits per heavy atom. The van der Waals surface area contributed by atoms with Gasteiger partial charge in [0, 0.05) is 13.1 Å². The molecule has 1 aliphatic heterocycles. The third-order valence-corrected chi connectivity index (χ3v) is 6.31. The van der Waals surface area contributed by atoms with E-state index in [1.165, 1.54) is 48.8 Å². The van der Waals surface area contributed by atoms with E-state index in [0.29, 0.717) is 0 Å². The largest absolute Gasteiger partial charge is 0.494 e. The summed E-state index contributed by atoms with van der Waals surface area (Å²) in [6.45, 7) is 8.46. The fraction of sp³-hybridized carbons (Fsp3) is 0.556. The van der Waals surface area contributed by atoms with Crippen LogP contribution in [0.25, 0.3) is 0 Å². The first-order valence-electron chi connectivity index (χ1n) is 11.9. The lowest BCUT2D eigenvalue weighted by Crippen LogP contribution is -2.25. The Morgan fingerprint density at radius 3 is 2.47 bits per heavy atom. The van der Waals surface area contributed by atoms with Crippen molar-refractivity contribution in [2.45, 2.75) is 71.8 Å². The van der Waals surface area contributed by atoms with Crippen molar-refractivity contribution in [3.8, 4) is 5.75 Å². The number of hydrogen-bond donors (Lipinski definition) is 0. The molecule has 2 nitrogen and oxygen atoms in total. The van der Waals surface area contributed by atoms with Gasteiger partial charge in [0.25, 0.3) is 0 Å². The van der Waals surface area contributed by atoms with Crippen LogP contribution < -0.4 is 4.74 Å². The quantitative estimate of drug-likeness (QED) is 0.403. The lowest BCUT2D eigenvalue weighted by Gasteiger charge is -2.21. The maximum Gasteiger partial charge on any atom is 0.123 e. The SMILES string of the molecule is CCCC(CCC)CCOc1ccc2c(c1)CN(CCc1ccc(F)cc1)CCC2. The second kappa shape index (κ2) is 12.1. The average molecular weight is 412 g/mol. The maximum absolute atomic E-state index is 13.1. The second-order valence-electron chi connectivity index (χ2n) is 8.77. The van der Waals surface area contributed by atoms with Gasteiger partial charge in [0.1, 0.15) is 11.6 Å². The lowest BCUT2D eigenvalue weighted by atomic mass is 9.95. The zero-order valence-electron chi connectivity index (χ0n) is 18.8. The van der Waals surface area contributed by atoms with Crippen molar-refractivity contribution in [1.29, 1.82) is 0 Å². The minimum absolute atomic E-state index is 0.161. The van der Waals surface area contributed by atoms with Crippen molar-refractivity contribution in [3.05, 3.63) is 65.0 Å². The van der Waals surface area contributed by atoms with Crippen LogP contribution in [-0.2, 0) is 19.4 Å². The monoisotopic (exact) mass is 411 g/mol. The number of rotatable bonds is 11. The second-order valence-corrected chi connectivity index (χ2v) is 8.77. The van der Waals surface area contributed by atoms with Crippen molar-refractivity contribution in [2.75, 3.05) is 19.7 Å². The number of nitrogens with zero attached hydrogens (tertiary/aromatic N) is 1. The van der Waals surface area contributed by atoms with Crippen LogP contribution in [0.5, 0.6) is 5.75 Å². The van der Waals surface area contributed by atoms with Gasteiger partial charge in [-0.15, -0.1) is 0 Å². The topological polar surface area (TPSA) is 12.5 Å². The van der Waals surface area contributed by atoms with E-state index in [1.54, 1.807) is 12.1 Å². The van der Waals surface area contributed by atoms with Gasteiger partial charge in [0.2, 0.25) is 0 Å². The van der Waals surface area contributed by atoms with Gasteiger partial charge in [-0.25, -0.2) is 4.39 Å². The summed E-state index contributed by atoms with van der Waals surface area (Å²) in [7, 11) is 0. The van der Waals surface area contributed by atoms with Gasteiger partial charge in [0.15, 0.2) is 0 Å². The third-order valence-electron chi connectivity index (χ3n) is 6.31. The van der Waals surface area contributed by atoms with Crippen LogP contribution >= 0.6 is 0 Å². The van der Waals surface area contributed by atoms with Crippen LogP contribution in [0.1, 0.15) is 69.1 Å². The minimum atomic E-state index is -0.161. The lowest BCUT2D eigenvalue weighted by molar-refractivity contribution is 0.261. The summed E-state index contributed by atoms with van der Waals surface area (Å²) in [4.78, 5) is 2.53. The molecule has 3 rings (SSSR count). The van der Waals surface area contributed by atoms with Crippen molar-refractivity contribution >= 4 is 0 Å². The molecule has 0 aromatic heterocycles. The fourth-order valence-electron chi connectivity index (χ4n) is 4.62. The van der Waals surface area contributed by atoms with E-state index in [2.05, 4.69) is 36.9 Å². The standard InChI is InChI=1S/C27H38FNO/c1-3-6-22(7-4-2)16-19-30-27-14-11-24-8-5-17-29(21-25(24)20-27)18-15-23-9-12-26(28)13-10-23/h9-14,20,22H,3-8,15-19,21H2,1-2H3. The van der Waals surface area contributed by atoms with E-state index < -0.39 is 0 Å². The first-order chi connectivity index (χ1) is 14.7. The summed E-state index contributed by atoms with van der Waals surface area (Å²) < 4.78 is 19.3. The van der Waals surface area contributed by atoms with Crippen molar-refractivity contribution < 1.29 is 9.13 Å². The first-order valence-corrected chi connectivity index (χ1v) is 11.9. The zero-order chi connectivity index (χ0) is 21.2. The van der Waals surface area contributed by atoms with Crippen LogP contribution in [-0.4, -0.2) is 24.6 Å². The number of fused-ring (bicyclic) bond motifs is 1. The van der Waals surface area contributed by atoms with Crippen molar-refractivity contribution in [3.63, 3.8) is 0 Å². The van der Waals surface area contributed by atoms with Crippen LogP contribution in [0, 0.1) is 11.7 Å². The number of ether oxygens (including phenoxy) is 1. The van der Waals surface area contributed by atoms with E-state index in [1.807, 2.05) is 12.1 Å². The summed E-state index contributed by atoms with van der Waals surface area (Å²) in [5.74, 6) is 1.65. The van der Waals surface area contributed by atoms with E-state index >= 15 is 0 Å². The van der Waals surface area contributed by atoms with Gasteiger partial charge in [-0.2, -0.15) is 0 Å². The summed E-state index contributed by atoms with van der Waals surface area (Å²) >= 11 is 0. The van der Waals surface area contributed by atoms with Gasteiger partial charge in [0.05, 0.1) is 6.61 Å². The van der Waals surface area contributed by atoms with Gasteiger partial charge in [-0.05, 0) is 79.1 Å². The molecule has 0 bridgehead atoms. The average Bonchev–Trinajstić information content (AvgIpc) is 2.95. The number of hydrogen-bond acceptors (Lipinski definition) is 2. The zero-order valence-corrected chi connectivity index (χ0v) is 18.8. The first kappa shape index (κ1) is 22.8. The summed E-state index contributed by atoms with van der Waals surface area (Å²) in [5, 5.41) is 0. The normalized spacial score (nSPS) is 14.5. The van der Waals surface area contributed by atoms with Gasteiger partial charge in [-0.1, -0.05) is 57.7 Å². The predicted octanol–water partition coefficient (Wildman–Crippen LogP) is 6.80. The Labute approximate surface area is 182 Å². The molecule has 2 aromatic carbocycles. The number of benzene rings is 2. The molecule has 2 aromatic rings. The molecule has 0 N–H and O–H groups in total. The Balaban J connectivity index is 1.54. The third kappa shape index (κ3) is 7.12. The maximum atomic E-state index is 13.1. The molecule has 0 atom stereocenters. The van der Waals surface area contributed by atoms with Gasteiger partial charge >= 0.3 is 0 Å². The molecule has 0 radical (unpaired) electrons. The Hall–Kier alpha value is -1.87. The smallest absolute Gasteiger partial charge is 0.123 e. The minimum Gasteiger partial charge on any atom is -0.494 e. The van der Waals surface area contributed by atoms with Gasteiger partial charge < -0.3 is 4.74 Å². The Morgan fingerprint density at radius 1 is 0.967 bits per heavy atom. The number of aryl methyl sites for hydroxylation is 1. The molecule has 0 spiro atoms. The van der Waals surface area contributed by atoms with Crippen LogP contribution in [0.2, 0.25) is 0 Å². The number of halogens is 1. The highest BCUT2D eigenvalue weighted by Crippen LogP contribution is 2.25. The van der Waals surface area contributed by atoms with E-state index in [-0.39, 0.29) is 5.82 Å². The molecule has 0 fully saturated rings. The highest BCUT2D eigenvalue weighted by Gasteiger charge is 2.15. The summed E-state index contributed by atoms with van der Waals surface area (Å²) in [5.41, 5.74) is 4.07. The summed E-state index contributed by atoms with van der Waals surface area (Å²) in [6, 6.07) is 13.6. The molecular weight excluding hydrogens is 373 g/mol. The molecule has 0 amide bonds. The predicted molar refractivity (Wildman–Crippen MR) is 124 cm³/mol. The van der Waals surface area contributed by atoms with Crippen LogP contribution in [0.4, 0.5) is 4.39 Å². The highest BCUT2D eigenvalue weighted by atomic mass is 19.1.